The first-order valence-electron chi connectivity index (χ1n) is 12.7. The summed E-state index contributed by atoms with van der Waals surface area (Å²) < 4.78 is 12.2. The van der Waals surface area contributed by atoms with Gasteiger partial charge in [0.05, 0.1) is 35.2 Å². The van der Waals surface area contributed by atoms with Gasteiger partial charge in [0.25, 0.3) is 11.5 Å². The van der Waals surface area contributed by atoms with E-state index < -0.39 is 23.5 Å². The van der Waals surface area contributed by atoms with E-state index in [1.807, 2.05) is 31.2 Å². The number of thiazole rings is 1. The fourth-order valence-electron chi connectivity index (χ4n) is 4.99. The average molecular weight is 546 g/mol. The van der Waals surface area contributed by atoms with E-state index in [4.69, 9.17) is 9.47 Å². The van der Waals surface area contributed by atoms with E-state index in [1.54, 1.807) is 43.0 Å². The number of fused-ring (bicyclic) bond motifs is 2. The smallest absolute Gasteiger partial charge is 0.338 e. The zero-order valence-corrected chi connectivity index (χ0v) is 22.8. The summed E-state index contributed by atoms with van der Waals surface area (Å²) in [5.74, 6) is -0.934. The number of amides is 1. The van der Waals surface area contributed by atoms with Crippen molar-refractivity contribution < 1.29 is 23.9 Å². The summed E-state index contributed by atoms with van der Waals surface area (Å²) in [6.45, 7) is 7.39. The highest BCUT2D eigenvalue weighted by atomic mass is 32.1. The van der Waals surface area contributed by atoms with Gasteiger partial charge < -0.3 is 14.4 Å². The molecule has 1 amide bonds. The maximum atomic E-state index is 14.1. The number of hydrogen-bond acceptors (Lipinski definition) is 8. The molecule has 3 aromatic rings. The molecule has 3 heterocycles. The monoisotopic (exact) mass is 545 g/mol. The van der Waals surface area contributed by atoms with Crippen LogP contribution in [0.5, 0.6) is 5.75 Å². The minimum absolute atomic E-state index is 0.154. The fourth-order valence-corrected chi connectivity index (χ4v) is 6.12. The van der Waals surface area contributed by atoms with E-state index in [2.05, 4.69) is 4.99 Å². The Balaban J connectivity index is 1.76. The molecule has 0 spiro atoms. The number of benzene rings is 2. The summed E-state index contributed by atoms with van der Waals surface area (Å²) in [6, 6.07) is 13.2. The summed E-state index contributed by atoms with van der Waals surface area (Å²) in [5, 5.41) is 0. The molecular weight excluding hydrogens is 518 g/mol. The molecule has 1 aromatic heterocycles. The van der Waals surface area contributed by atoms with Gasteiger partial charge in [-0.15, -0.1) is 0 Å². The molecule has 5 rings (SSSR count). The largest absolute Gasteiger partial charge is 0.463 e. The Bertz CT molecular complexity index is 1710. The summed E-state index contributed by atoms with van der Waals surface area (Å²) >= 11 is 1.13. The zero-order valence-electron chi connectivity index (χ0n) is 22.0. The van der Waals surface area contributed by atoms with Gasteiger partial charge >= 0.3 is 11.9 Å². The van der Waals surface area contributed by atoms with Crippen molar-refractivity contribution in [3.8, 4) is 5.75 Å². The molecule has 0 fully saturated rings. The lowest BCUT2D eigenvalue weighted by atomic mass is 9.96. The highest BCUT2D eigenvalue weighted by molar-refractivity contribution is 7.07. The van der Waals surface area contributed by atoms with Crippen molar-refractivity contribution in [2.75, 3.05) is 18.1 Å². The van der Waals surface area contributed by atoms with Crippen molar-refractivity contribution in [2.45, 2.75) is 40.2 Å². The Kier molecular flexibility index (Phi) is 7.05. The number of carbonyl (C=O) groups excluding carboxylic acids is 3. The number of rotatable bonds is 6. The molecule has 0 unspecified atom stereocenters. The van der Waals surface area contributed by atoms with Crippen molar-refractivity contribution in [1.29, 1.82) is 0 Å². The van der Waals surface area contributed by atoms with E-state index in [1.165, 1.54) is 11.5 Å². The fraction of sp³-hybridized carbons (Fsp3) is 0.276. The van der Waals surface area contributed by atoms with Crippen LogP contribution >= 0.6 is 11.3 Å². The summed E-state index contributed by atoms with van der Waals surface area (Å²) in [7, 11) is 0. The molecule has 0 saturated carbocycles. The maximum absolute atomic E-state index is 14.1. The van der Waals surface area contributed by atoms with Crippen LogP contribution in [0.25, 0.3) is 5.57 Å². The van der Waals surface area contributed by atoms with Gasteiger partial charge in [0.1, 0.15) is 10.3 Å². The van der Waals surface area contributed by atoms with Gasteiger partial charge in [-0.2, -0.15) is 0 Å². The van der Waals surface area contributed by atoms with Crippen LogP contribution in [0.4, 0.5) is 5.69 Å². The van der Waals surface area contributed by atoms with Crippen molar-refractivity contribution >= 4 is 40.4 Å². The lowest BCUT2D eigenvalue weighted by Gasteiger charge is -2.24. The van der Waals surface area contributed by atoms with Crippen molar-refractivity contribution in [3.63, 3.8) is 0 Å². The first-order chi connectivity index (χ1) is 18.8. The van der Waals surface area contributed by atoms with Crippen molar-refractivity contribution in [3.05, 3.63) is 90.6 Å². The Hall–Kier alpha value is -4.31. The van der Waals surface area contributed by atoms with Gasteiger partial charge in [0, 0.05) is 19.0 Å². The third kappa shape index (κ3) is 4.50. The second-order valence-electron chi connectivity index (χ2n) is 9.13. The van der Waals surface area contributed by atoms with Crippen molar-refractivity contribution in [2.24, 2.45) is 4.99 Å². The molecule has 2 aliphatic rings. The molecule has 2 aromatic carbocycles. The van der Waals surface area contributed by atoms with Gasteiger partial charge in [0.2, 0.25) is 0 Å². The normalized spacial score (nSPS) is 17.5. The quantitative estimate of drug-likeness (QED) is 0.348. The lowest BCUT2D eigenvalue weighted by molar-refractivity contribution is -0.139. The number of ether oxygens (including phenoxy) is 2. The number of nitrogens with zero attached hydrogens (tertiary/aromatic N) is 3. The number of aromatic nitrogens is 1. The minimum Gasteiger partial charge on any atom is -0.463 e. The van der Waals surface area contributed by atoms with E-state index in [0.29, 0.717) is 39.5 Å². The lowest BCUT2D eigenvalue weighted by Crippen LogP contribution is -2.41. The molecule has 2 aliphatic heterocycles. The molecule has 0 aliphatic carbocycles. The highest BCUT2D eigenvalue weighted by Gasteiger charge is 2.37. The molecule has 0 bridgehead atoms. The summed E-state index contributed by atoms with van der Waals surface area (Å²) in [6.07, 6.45) is 0.764. The van der Waals surface area contributed by atoms with E-state index >= 15 is 0 Å². The molecule has 0 N–H and O–H groups in total. The Morgan fingerprint density at radius 1 is 1.05 bits per heavy atom. The predicted molar refractivity (Wildman–Crippen MR) is 146 cm³/mol. The second-order valence-corrected chi connectivity index (χ2v) is 10.1. The Labute approximate surface area is 228 Å². The molecule has 9 nitrogen and oxygen atoms in total. The van der Waals surface area contributed by atoms with Gasteiger partial charge in [0.15, 0.2) is 4.80 Å². The first-order valence-corrected chi connectivity index (χ1v) is 13.5. The Morgan fingerprint density at radius 2 is 1.77 bits per heavy atom. The summed E-state index contributed by atoms with van der Waals surface area (Å²) in [5.41, 5.74) is 2.64. The standard InChI is InChI=1S/C29H27N3O6S/c1-5-15-31-21-10-8-7-9-20(21)23(26(31)34)25-27(35)32-24(18-11-13-19(14-12-18)38-17(4)33)22(28(36)37-6-2)16(3)30-29(32)39-25/h7-14,24H,5-6,15H2,1-4H3/b25-23-/t24-/m1/s1. The molecule has 1 atom stereocenters. The molecule has 0 saturated heterocycles. The summed E-state index contributed by atoms with van der Waals surface area (Å²) in [4.78, 5) is 58.9. The van der Waals surface area contributed by atoms with E-state index in [0.717, 1.165) is 23.4 Å². The van der Waals surface area contributed by atoms with Crippen LogP contribution in [-0.2, 0) is 19.1 Å². The average Bonchev–Trinajstić information content (AvgIpc) is 3.36. The van der Waals surface area contributed by atoms with Crippen molar-refractivity contribution in [1.82, 2.24) is 4.57 Å². The molecule has 0 radical (unpaired) electrons. The topological polar surface area (TPSA) is 107 Å². The molecule has 200 valence electrons. The highest BCUT2D eigenvalue weighted by Crippen LogP contribution is 2.36. The van der Waals surface area contributed by atoms with Crippen LogP contribution < -0.4 is 24.5 Å². The molecule has 39 heavy (non-hydrogen) atoms. The maximum Gasteiger partial charge on any atom is 0.338 e. The van der Waals surface area contributed by atoms with E-state index in [-0.39, 0.29) is 22.6 Å². The van der Waals surface area contributed by atoms with Crippen LogP contribution in [0.15, 0.2) is 69.6 Å². The third-order valence-electron chi connectivity index (χ3n) is 6.55. The van der Waals surface area contributed by atoms with Crippen LogP contribution in [0, 0.1) is 0 Å². The number of allylic oxidation sites excluding steroid dienone is 1. The minimum atomic E-state index is -0.848. The van der Waals surface area contributed by atoms with E-state index in [9.17, 15) is 19.2 Å². The van der Waals surface area contributed by atoms with Gasteiger partial charge in [-0.1, -0.05) is 48.6 Å². The van der Waals surface area contributed by atoms with Gasteiger partial charge in [-0.25, -0.2) is 9.79 Å². The van der Waals surface area contributed by atoms with Crippen LogP contribution in [-0.4, -0.2) is 35.6 Å². The van der Waals surface area contributed by atoms with Gasteiger partial charge in [-0.3, -0.25) is 19.0 Å². The molecular formula is C29H27N3O6S. The number of hydrogen-bond donors (Lipinski definition) is 0. The van der Waals surface area contributed by atoms with Crippen LogP contribution in [0.2, 0.25) is 0 Å². The Morgan fingerprint density at radius 3 is 2.44 bits per heavy atom. The second kappa shape index (κ2) is 10.5. The number of anilines is 1. The number of para-hydroxylation sites is 1. The third-order valence-corrected chi connectivity index (χ3v) is 7.60. The number of esters is 2. The molecule has 10 heteroatoms. The van der Waals surface area contributed by atoms with Gasteiger partial charge in [-0.05, 0) is 44.0 Å². The number of carbonyl (C=O) groups is 3. The SMILES string of the molecule is CCCN1C(=O)/C(=c2\sc3n(c2=O)[C@H](c2ccc(OC(C)=O)cc2)C(C(=O)OCC)=C(C)N=3)c2ccccc21. The predicted octanol–water partition coefficient (Wildman–Crippen LogP) is 2.85. The first kappa shape index (κ1) is 26.3. The van der Waals surface area contributed by atoms with Crippen LogP contribution in [0.1, 0.15) is 51.3 Å². The zero-order chi connectivity index (χ0) is 27.8. The van der Waals surface area contributed by atoms with Crippen LogP contribution in [0.3, 0.4) is 0 Å².